The van der Waals surface area contributed by atoms with Crippen LogP contribution >= 0.6 is 0 Å². The van der Waals surface area contributed by atoms with Crippen molar-refractivity contribution in [2.75, 3.05) is 13.1 Å². The molecule has 0 radical (unpaired) electrons. The number of hydrogen-bond acceptors (Lipinski definition) is 3. The Bertz CT molecular complexity index is 961. The number of fused-ring (bicyclic) bond motifs is 1. The third kappa shape index (κ3) is 3.87. The Hall–Kier alpha value is -2.67. The van der Waals surface area contributed by atoms with Gasteiger partial charge < -0.3 is 4.90 Å². The Morgan fingerprint density at radius 2 is 1.84 bits per heavy atom. The molecule has 1 heterocycles. The highest BCUT2D eigenvalue weighted by Crippen LogP contribution is 2.45. The molecule has 31 heavy (non-hydrogen) atoms. The standard InChI is InChI=1S/C27H32N2O2/c1-18-9-10-21(15-24-20(3)25(30)16-23(18)24)19(2)26(31)29-13-11-27(17-28,12-14-29)22-7-5-4-6-8-22/h4-8,18,21,23H,2,9-16H2,1,3H3/t18-,21+,23-/m0/s1. The van der Waals surface area contributed by atoms with E-state index >= 15 is 0 Å². The molecule has 1 amide bonds. The number of hydrogen-bond donors (Lipinski definition) is 0. The molecule has 4 rings (SSSR count). The van der Waals surface area contributed by atoms with Crippen LogP contribution in [0.5, 0.6) is 0 Å². The van der Waals surface area contributed by atoms with Crippen LogP contribution in [0.25, 0.3) is 0 Å². The van der Waals surface area contributed by atoms with Gasteiger partial charge in [-0.2, -0.15) is 5.26 Å². The Morgan fingerprint density at radius 3 is 2.48 bits per heavy atom. The first-order valence-electron chi connectivity index (χ1n) is 11.5. The molecule has 2 fully saturated rings. The molecule has 1 aromatic carbocycles. The maximum Gasteiger partial charge on any atom is 0.249 e. The van der Waals surface area contributed by atoms with Gasteiger partial charge in [0.1, 0.15) is 0 Å². The largest absolute Gasteiger partial charge is 0.339 e. The summed E-state index contributed by atoms with van der Waals surface area (Å²) in [6.45, 7) is 9.57. The quantitative estimate of drug-likeness (QED) is 0.654. The third-order valence-corrected chi connectivity index (χ3v) is 8.09. The van der Waals surface area contributed by atoms with Crippen LogP contribution in [0.15, 0.2) is 53.6 Å². The first-order valence-corrected chi connectivity index (χ1v) is 11.5. The molecule has 4 nitrogen and oxygen atoms in total. The highest BCUT2D eigenvalue weighted by Gasteiger charge is 2.41. The lowest BCUT2D eigenvalue weighted by Gasteiger charge is -2.38. The summed E-state index contributed by atoms with van der Waals surface area (Å²) < 4.78 is 0. The average molecular weight is 417 g/mol. The van der Waals surface area contributed by atoms with Gasteiger partial charge in [0.15, 0.2) is 5.78 Å². The summed E-state index contributed by atoms with van der Waals surface area (Å²) in [7, 11) is 0. The predicted molar refractivity (Wildman–Crippen MR) is 121 cm³/mol. The maximum absolute atomic E-state index is 13.3. The number of Topliss-reactive ketones (excluding diaryl/α,β-unsaturated/α-hetero) is 1. The lowest BCUT2D eigenvalue weighted by Crippen LogP contribution is -2.45. The zero-order valence-corrected chi connectivity index (χ0v) is 18.7. The summed E-state index contributed by atoms with van der Waals surface area (Å²) in [4.78, 5) is 27.5. The lowest BCUT2D eigenvalue weighted by atomic mass is 9.74. The van der Waals surface area contributed by atoms with Crippen LogP contribution in [0, 0.1) is 29.1 Å². The average Bonchev–Trinajstić information content (AvgIpc) is 2.98. The van der Waals surface area contributed by atoms with Crippen LogP contribution in [0.4, 0.5) is 0 Å². The van der Waals surface area contributed by atoms with Crippen LogP contribution in [0.3, 0.4) is 0 Å². The second kappa shape index (κ2) is 8.46. The van der Waals surface area contributed by atoms with E-state index in [1.807, 2.05) is 42.2 Å². The van der Waals surface area contributed by atoms with Crippen molar-refractivity contribution in [2.24, 2.45) is 17.8 Å². The Labute approximate surface area is 185 Å². The summed E-state index contributed by atoms with van der Waals surface area (Å²) in [5, 5.41) is 9.92. The van der Waals surface area contributed by atoms with E-state index in [-0.39, 0.29) is 17.6 Å². The van der Waals surface area contributed by atoms with E-state index in [9.17, 15) is 14.9 Å². The Morgan fingerprint density at radius 1 is 1.16 bits per heavy atom. The molecule has 162 valence electrons. The van der Waals surface area contributed by atoms with Crippen molar-refractivity contribution in [2.45, 2.75) is 57.8 Å². The SMILES string of the molecule is C=C(C(=O)N1CCC(C#N)(c2ccccc2)CC1)[C@@H]1CC[C@H](C)[C@@H]2CC(=O)C(C)=C2C1. The van der Waals surface area contributed by atoms with Crippen molar-refractivity contribution in [1.29, 1.82) is 5.26 Å². The van der Waals surface area contributed by atoms with Crippen molar-refractivity contribution in [3.8, 4) is 6.07 Å². The Balaban J connectivity index is 1.45. The molecule has 1 aromatic rings. The second-order valence-corrected chi connectivity index (χ2v) is 9.72. The van der Waals surface area contributed by atoms with Crippen LogP contribution in [-0.2, 0) is 15.0 Å². The minimum atomic E-state index is -0.517. The van der Waals surface area contributed by atoms with Gasteiger partial charge in [0.25, 0.3) is 0 Å². The number of carbonyl (C=O) groups excluding carboxylic acids is 2. The second-order valence-electron chi connectivity index (χ2n) is 9.72. The summed E-state index contributed by atoms with van der Waals surface area (Å²) in [6, 6.07) is 12.5. The highest BCUT2D eigenvalue weighted by atomic mass is 16.2. The summed E-state index contributed by atoms with van der Waals surface area (Å²) in [5.74, 6) is 1.22. The van der Waals surface area contributed by atoms with Gasteiger partial charge in [0, 0.05) is 25.1 Å². The molecule has 3 aliphatic rings. The van der Waals surface area contributed by atoms with E-state index in [0.717, 1.165) is 30.4 Å². The summed E-state index contributed by atoms with van der Waals surface area (Å²) >= 11 is 0. The molecular formula is C27H32N2O2. The predicted octanol–water partition coefficient (Wildman–Crippen LogP) is 4.97. The number of amides is 1. The van der Waals surface area contributed by atoms with E-state index in [1.165, 1.54) is 5.57 Å². The fourth-order valence-electron chi connectivity index (χ4n) is 5.80. The normalized spacial score (nSPS) is 28.0. The van der Waals surface area contributed by atoms with E-state index < -0.39 is 5.41 Å². The number of piperidine rings is 1. The van der Waals surface area contributed by atoms with Crippen molar-refractivity contribution < 1.29 is 9.59 Å². The summed E-state index contributed by atoms with van der Waals surface area (Å²) in [5.41, 5.74) is 3.39. The van der Waals surface area contributed by atoms with Crippen LogP contribution < -0.4 is 0 Å². The number of rotatable bonds is 3. The van der Waals surface area contributed by atoms with E-state index in [2.05, 4.69) is 19.6 Å². The molecule has 3 atom stereocenters. The zero-order chi connectivity index (χ0) is 22.2. The van der Waals surface area contributed by atoms with Crippen molar-refractivity contribution in [3.05, 3.63) is 59.2 Å². The molecular weight excluding hydrogens is 384 g/mol. The number of nitriles is 1. The van der Waals surface area contributed by atoms with E-state index in [1.54, 1.807) is 0 Å². The first kappa shape index (κ1) is 21.6. The molecule has 0 N–H and O–H groups in total. The molecule has 2 aliphatic carbocycles. The smallest absolute Gasteiger partial charge is 0.249 e. The van der Waals surface area contributed by atoms with Crippen molar-refractivity contribution in [1.82, 2.24) is 4.90 Å². The minimum absolute atomic E-state index is 0.0262. The minimum Gasteiger partial charge on any atom is -0.339 e. The number of likely N-dealkylation sites (tertiary alicyclic amines) is 1. The number of ketones is 1. The number of nitrogens with zero attached hydrogens (tertiary/aromatic N) is 2. The maximum atomic E-state index is 13.3. The lowest BCUT2D eigenvalue weighted by molar-refractivity contribution is -0.129. The van der Waals surface area contributed by atoms with Gasteiger partial charge in [-0.3, -0.25) is 9.59 Å². The van der Waals surface area contributed by atoms with Gasteiger partial charge in [-0.25, -0.2) is 0 Å². The topological polar surface area (TPSA) is 61.2 Å². The molecule has 1 saturated carbocycles. The van der Waals surface area contributed by atoms with Crippen LogP contribution in [0.2, 0.25) is 0 Å². The molecule has 4 heteroatoms. The van der Waals surface area contributed by atoms with Gasteiger partial charge >= 0.3 is 0 Å². The van der Waals surface area contributed by atoms with Gasteiger partial charge in [-0.05, 0) is 67.9 Å². The first-order chi connectivity index (χ1) is 14.9. The number of benzene rings is 1. The van der Waals surface area contributed by atoms with E-state index in [0.29, 0.717) is 49.8 Å². The molecule has 1 saturated heterocycles. The van der Waals surface area contributed by atoms with Crippen LogP contribution in [-0.4, -0.2) is 29.7 Å². The zero-order valence-electron chi connectivity index (χ0n) is 18.7. The fourth-order valence-corrected chi connectivity index (χ4v) is 5.80. The van der Waals surface area contributed by atoms with E-state index in [4.69, 9.17) is 0 Å². The molecule has 0 bridgehead atoms. The molecule has 0 spiro atoms. The number of carbonyl (C=O) groups is 2. The molecule has 0 aromatic heterocycles. The van der Waals surface area contributed by atoms with Gasteiger partial charge in [-0.15, -0.1) is 0 Å². The van der Waals surface area contributed by atoms with Gasteiger partial charge in [0.2, 0.25) is 5.91 Å². The third-order valence-electron chi connectivity index (χ3n) is 8.09. The van der Waals surface area contributed by atoms with Crippen molar-refractivity contribution >= 4 is 11.7 Å². The van der Waals surface area contributed by atoms with Crippen molar-refractivity contribution in [3.63, 3.8) is 0 Å². The monoisotopic (exact) mass is 416 g/mol. The molecule has 0 unspecified atom stereocenters. The highest BCUT2D eigenvalue weighted by molar-refractivity contribution is 5.99. The fraction of sp³-hybridized carbons (Fsp3) is 0.519. The molecule has 1 aliphatic heterocycles. The Kier molecular flexibility index (Phi) is 5.88. The van der Waals surface area contributed by atoms with Gasteiger partial charge in [0.05, 0.1) is 11.5 Å². The summed E-state index contributed by atoms with van der Waals surface area (Å²) in [6.07, 6.45) is 4.70. The van der Waals surface area contributed by atoms with Gasteiger partial charge in [-0.1, -0.05) is 49.4 Å². The number of allylic oxidation sites excluding steroid dienone is 2. The van der Waals surface area contributed by atoms with Crippen LogP contribution in [0.1, 0.15) is 57.9 Å².